The van der Waals surface area contributed by atoms with Gasteiger partial charge >= 0.3 is 0 Å². The summed E-state index contributed by atoms with van der Waals surface area (Å²) in [5.74, 6) is -0.369. The van der Waals surface area contributed by atoms with Gasteiger partial charge in [-0.15, -0.1) is 0 Å². The van der Waals surface area contributed by atoms with E-state index < -0.39 is 16.5 Å². The predicted molar refractivity (Wildman–Crippen MR) is 76.4 cm³/mol. The van der Waals surface area contributed by atoms with Crippen molar-refractivity contribution >= 4 is 29.0 Å². The fourth-order valence-electron chi connectivity index (χ4n) is 1.76. The minimum atomic E-state index is -0.689. The largest absolute Gasteiger partial charge is 0.305 e. The van der Waals surface area contributed by atoms with Gasteiger partial charge in [0.15, 0.2) is 5.82 Å². The van der Waals surface area contributed by atoms with Gasteiger partial charge in [0.2, 0.25) is 0 Å². The fourth-order valence-corrected chi connectivity index (χ4v) is 1.91. The van der Waals surface area contributed by atoms with Crippen LogP contribution in [0.15, 0.2) is 18.3 Å². The lowest BCUT2D eigenvalue weighted by Crippen LogP contribution is -2.14. The van der Waals surface area contributed by atoms with Crippen LogP contribution in [0.2, 0.25) is 5.15 Å². The summed E-state index contributed by atoms with van der Waals surface area (Å²) < 4.78 is 0. The van der Waals surface area contributed by atoms with Crippen LogP contribution in [0, 0.1) is 10.1 Å². The number of anilines is 1. The number of nitrogens with zero attached hydrogens (tertiary/aromatic N) is 3. The molecule has 110 valence electrons. The molecule has 21 heavy (non-hydrogen) atoms. The number of carbonyl (C=O) groups is 1. The summed E-state index contributed by atoms with van der Waals surface area (Å²) >= 11 is 5.68. The Bertz CT molecular complexity index is 685. The molecule has 0 radical (unpaired) electrons. The van der Waals surface area contributed by atoms with Crippen molar-refractivity contribution in [3.05, 3.63) is 44.9 Å². The average Bonchev–Trinajstić information content (AvgIpc) is 2.86. The molecule has 0 aliphatic rings. The number of aryl methyl sites for hydroxylation is 1. The number of aromatic amines is 1. The maximum atomic E-state index is 12.1. The Balaban J connectivity index is 2.23. The Morgan fingerprint density at radius 3 is 2.95 bits per heavy atom. The normalized spacial score (nSPS) is 10.4. The monoisotopic (exact) mass is 309 g/mol. The third kappa shape index (κ3) is 3.54. The van der Waals surface area contributed by atoms with E-state index in [2.05, 4.69) is 20.5 Å². The molecule has 0 unspecified atom stereocenters. The molecule has 2 N–H and O–H groups in total. The fraction of sp³-hybridized carbons (Fsp3) is 0.250. The van der Waals surface area contributed by atoms with Crippen LogP contribution in [0.3, 0.4) is 0 Å². The Morgan fingerprint density at radius 2 is 2.29 bits per heavy atom. The number of amides is 1. The van der Waals surface area contributed by atoms with Crippen molar-refractivity contribution in [3.63, 3.8) is 0 Å². The molecular weight excluding hydrogens is 298 g/mol. The zero-order valence-corrected chi connectivity index (χ0v) is 11.8. The first-order valence-corrected chi connectivity index (χ1v) is 6.54. The van der Waals surface area contributed by atoms with Crippen molar-refractivity contribution in [2.75, 3.05) is 5.32 Å². The average molecular weight is 310 g/mol. The SMILES string of the molecule is CCCc1cc(NC(=O)c2cc(Cl)ncc2[N+](=O)[O-])n[nH]1. The third-order valence-corrected chi connectivity index (χ3v) is 2.89. The Labute approximate surface area is 124 Å². The van der Waals surface area contributed by atoms with Gasteiger partial charge in [0.25, 0.3) is 11.6 Å². The van der Waals surface area contributed by atoms with E-state index in [1.54, 1.807) is 6.07 Å². The van der Waals surface area contributed by atoms with Gasteiger partial charge in [-0.2, -0.15) is 5.10 Å². The van der Waals surface area contributed by atoms with Gasteiger partial charge in [-0.25, -0.2) is 4.98 Å². The van der Waals surface area contributed by atoms with Crippen LogP contribution in [0.25, 0.3) is 0 Å². The van der Waals surface area contributed by atoms with Crippen molar-refractivity contribution in [2.24, 2.45) is 0 Å². The molecule has 0 bridgehead atoms. The summed E-state index contributed by atoms with van der Waals surface area (Å²) in [6.45, 7) is 2.02. The molecule has 1 amide bonds. The Morgan fingerprint density at radius 1 is 1.52 bits per heavy atom. The van der Waals surface area contributed by atoms with Crippen molar-refractivity contribution in [3.8, 4) is 0 Å². The zero-order chi connectivity index (χ0) is 15.4. The molecular formula is C12H12ClN5O3. The lowest BCUT2D eigenvalue weighted by atomic mass is 10.2. The summed E-state index contributed by atoms with van der Waals surface area (Å²) in [5.41, 5.74) is 0.288. The second kappa shape index (κ2) is 6.31. The standard InChI is InChI=1S/C12H12ClN5O3/c1-2-3-7-4-11(17-16-7)15-12(19)8-5-10(13)14-6-9(8)18(20)21/h4-6H,2-3H2,1H3,(H2,15,16,17,19). The first-order valence-electron chi connectivity index (χ1n) is 6.16. The quantitative estimate of drug-likeness (QED) is 0.500. The number of carbonyl (C=O) groups excluding carboxylic acids is 1. The highest BCUT2D eigenvalue weighted by atomic mass is 35.5. The van der Waals surface area contributed by atoms with Gasteiger partial charge in [-0.3, -0.25) is 20.0 Å². The van der Waals surface area contributed by atoms with E-state index in [0.717, 1.165) is 30.8 Å². The topological polar surface area (TPSA) is 114 Å². The number of hydrogen-bond donors (Lipinski definition) is 2. The minimum Gasteiger partial charge on any atom is -0.305 e. The van der Waals surface area contributed by atoms with Crippen LogP contribution in [-0.2, 0) is 6.42 Å². The molecule has 8 nitrogen and oxygen atoms in total. The molecule has 2 aromatic heterocycles. The number of pyridine rings is 1. The third-order valence-electron chi connectivity index (χ3n) is 2.68. The van der Waals surface area contributed by atoms with Gasteiger partial charge in [0, 0.05) is 11.8 Å². The maximum Gasteiger partial charge on any atom is 0.300 e. The highest BCUT2D eigenvalue weighted by molar-refractivity contribution is 6.30. The predicted octanol–water partition coefficient (Wildman–Crippen LogP) is 2.57. The summed E-state index contributed by atoms with van der Waals surface area (Å²) in [4.78, 5) is 25.9. The lowest BCUT2D eigenvalue weighted by molar-refractivity contribution is -0.385. The van der Waals surface area contributed by atoms with Crippen molar-refractivity contribution in [1.29, 1.82) is 0 Å². The zero-order valence-electron chi connectivity index (χ0n) is 11.1. The lowest BCUT2D eigenvalue weighted by Gasteiger charge is -2.03. The number of halogens is 1. The van der Waals surface area contributed by atoms with E-state index in [0.29, 0.717) is 5.82 Å². The minimum absolute atomic E-state index is 0.000509. The van der Waals surface area contributed by atoms with Crippen LogP contribution in [0.1, 0.15) is 29.4 Å². The molecule has 0 aromatic carbocycles. The summed E-state index contributed by atoms with van der Waals surface area (Å²) in [6.07, 6.45) is 2.68. The maximum absolute atomic E-state index is 12.1. The summed E-state index contributed by atoms with van der Waals surface area (Å²) in [7, 11) is 0. The smallest absolute Gasteiger partial charge is 0.300 e. The second-order valence-corrected chi connectivity index (χ2v) is 4.65. The molecule has 2 aromatic rings. The van der Waals surface area contributed by atoms with Gasteiger partial charge in [-0.05, 0) is 12.5 Å². The van der Waals surface area contributed by atoms with Gasteiger partial charge in [0.1, 0.15) is 16.9 Å². The molecule has 0 saturated heterocycles. The van der Waals surface area contributed by atoms with E-state index in [9.17, 15) is 14.9 Å². The van der Waals surface area contributed by atoms with E-state index in [1.165, 1.54) is 0 Å². The number of nitro groups is 1. The van der Waals surface area contributed by atoms with Crippen molar-refractivity contribution in [2.45, 2.75) is 19.8 Å². The summed E-state index contributed by atoms with van der Waals surface area (Å²) in [5, 5.41) is 20.1. The van der Waals surface area contributed by atoms with Crippen molar-refractivity contribution in [1.82, 2.24) is 15.2 Å². The van der Waals surface area contributed by atoms with Crippen LogP contribution >= 0.6 is 11.6 Å². The number of rotatable bonds is 5. The molecule has 9 heteroatoms. The van der Waals surface area contributed by atoms with E-state index in [-0.39, 0.29) is 10.7 Å². The number of aromatic nitrogens is 3. The van der Waals surface area contributed by atoms with E-state index >= 15 is 0 Å². The Kier molecular flexibility index (Phi) is 4.49. The van der Waals surface area contributed by atoms with Gasteiger partial charge in [0.05, 0.1) is 4.92 Å². The van der Waals surface area contributed by atoms with Gasteiger partial charge < -0.3 is 5.32 Å². The molecule has 0 atom stereocenters. The second-order valence-electron chi connectivity index (χ2n) is 4.26. The number of hydrogen-bond acceptors (Lipinski definition) is 5. The van der Waals surface area contributed by atoms with Crippen molar-refractivity contribution < 1.29 is 9.72 Å². The first-order chi connectivity index (χ1) is 10.0. The highest BCUT2D eigenvalue weighted by Crippen LogP contribution is 2.21. The van der Waals surface area contributed by atoms with Crippen LogP contribution in [0.4, 0.5) is 11.5 Å². The molecule has 0 spiro atoms. The highest BCUT2D eigenvalue weighted by Gasteiger charge is 2.22. The molecule has 0 saturated carbocycles. The van der Waals surface area contributed by atoms with E-state index in [4.69, 9.17) is 11.6 Å². The number of H-pyrrole nitrogens is 1. The van der Waals surface area contributed by atoms with Crippen LogP contribution < -0.4 is 5.32 Å². The van der Waals surface area contributed by atoms with Crippen LogP contribution in [-0.4, -0.2) is 26.0 Å². The molecule has 2 heterocycles. The number of nitrogens with one attached hydrogen (secondary N) is 2. The summed E-state index contributed by atoms with van der Waals surface area (Å²) in [6, 6.07) is 2.82. The molecule has 0 fully saturated rings. The van der Waals surface area contributed by atoms with Gasteiger partial charge in [-0.1, -0.05) is 24.9 Å². The molecule has 0 aliphatic carbocycles. The van der Waals surface area contributed by atoms with Crippen LogP contribution in [0.5, 0.6) is 0 Å². The first kappa shape index (κ1) is 14.9. The van der Waals surface area contributed by atoms with E-state index in [1.807, 2.05) is 6.92 Å². The molecule has 0 aliphatic heterocycles. The Hall–Kier alpha value is -2.48. The molecule has 2 rings (SSSR count).